The lowest BCUT2D eigenvalue weighted by Crippen LogP contribution is -2.60. The van der Waals surface area contributed by atoms with Crippen LogP contribution in [0.25, 0.3) is 125 Å². The number of hydrogen-bond donors (Lipinski definition) is 0. The van der Waals surface area contributed by atoms with Crippen LogP contribution in [0.4, 0.5) is 17.1 Å². The molecule has 0 spiro atoms. The average Bonchev–Trinajstić information content (AvgIpc) is 1.49. The van der Waals surface area contributed by atoms with Crippen molar-refractivity contribution in [1.82, 2.24) is 4.57 Å². The average molecular weight is 1110 g/mol. The quantitative estimate of drug-likeness (QED) is 0.148. The van der Waals surface area contributed by atoms with Gasteiger partial charge >= 0.3 is 0 Å². The van der Waals surface area contributed by atoms with E-state index in [0.29, 0.717) is 5.69 Å². The largest absolute Gasteiger partial charge is 0.456 e. The molecule has 84 heavy (non-hydrogen) atoms. The first-order chi connectivity index (χ1) is 45.0. The first kappa shape index (κ1) is 40.1. The van der Waals surface area contributed by atoms with Crippen molar-refractivity contribution in [2.75, 3.05) is 4.90 Å². The molecule has 2 aliphatic heterocycles. The van der Waals surface area contributed by atoms with Crippen molar-refractivity contribution in [3.8, 4) is 61.3 Å². The van der Waals surface area contributed by atoms with E-state index in [-0.39, 0.29) is 52.7 Å². The number of furan rings is 1. The van der Waals surface area contributed by atoms with Gasteiger partial charge in [-0.05, 0) is 110 Å². The van der Waals surface area contributed by atoms with Crippen LogP contribution in [0.3, 0.4) is 0 Å². The minimum absolute atomic E-state index is 0.0207. The summed E-state index contributed by atoms with van der Waals surface area (Å²) in [7, 11) is 0. The highest BCUT2D eigenvalue weighted by molar-refractivity contribution is 8.00. The van der Waals surface area contributed by atoms with E-state index in [1.807, 2.05) is 30.3 Å². The third-order valence-corrected chi connectivity index (χ3v) is 19.5. The minimum atomic E-state index is -0.492. The summed E-state index contributed by atoms with van der Waals surface area (Å²) < 4.78 is 85.4. The van der Waals surface area contributed by atoms with Crippen LogP contribution in [0.2, 0.25) is 0 Å². The summed E-state index contributed by atoms with van der Waals surface area (Å²) in [6.07, 6.45) is 0. The second-order valence-electron chi connectivity index (χ2n) is 21.6. The van der Waals surface area contributed by atoms with E-state index in [0.717, 1.165) is 136 Å². The smallest absolute Gasteiger partial charge is 0.249 e. The zero-order valence-corrected chi connectivity index (χ0v) is 46.3. The normalized spacial score (nSPS) is 14.0. The second-order valence-corrected chi connectivity index (χ2v) is 23.8. The predicted octanol–water partition coefficient (Wildman–Crippen LogP) is 20.2. The Morgan fingerprint density at radius 2 is 0.964 bits per heavy atom. The van der Waals surface area contributed by atoms with Crippen LogP contribution in [0.5, 0.6) is 0 Å². The van der Waals surface area contributed by atoms with Gasteiger partial charge in [-0.1, -0.05) is 248 Å². The van der Waals surface area contributed by atoms with E-state index in [1.54, 1.807) is 27.7 Å². The molecule has 0 saturated heterocycles. The lowest BCUT2D eigenvalue weighted by molar-refractivity contribution is 0.669. The maximum absolute atomic E-state index is 9.76. The van der Waals surface area contributed by atoms with Gasteiger partial charge < -0.3 is 13.9 Å². The molecule has 0 atom stereocenters. The Bertz CT molecular complexity index is 5670. The fourth-order valence-corrected chi connectivity index (χ4v) is 16.0. The molecule has 0 bridgehead atoms. The molecule has 6 heteroatoms. The Hall–Kier alpha value is -10.1. The number of nitrogens with zero attached hydrogens (tertiary/aromatic N) is 2. The molecule has 0 radical (unpaired) electrons. The molecule has 390 valence electrons. The molecule has 16 aromatic rings. The summed E-state index contributed by atoms with van der Waals surface area (Å²) in [6.45, 7) is -0.376. The maximum atomic E-state index is 9.76. The van der Waals surface area contributed by atoms with Crippen molar-refractivity contribution in [1.29, 1.82) is 0 Å². The molecule has 0 unspecified atom stereocenters. The Labute approximate surface area is 505 Å². The van der Waals surface area contributed by atoms with E-state index in [2.05, 4.69) is 211 Å². The molecule has 3 aromatic heterocycles. The van der Waals surface area contributed by atoms with Crippen molar-refractivity contribution in [3.63, 3.8) is 0 Å². The van der Waals surface area contributed by atoms with Crippen molar-refractivity contribution in [2.24, 2.45) is 0 Å². The fraction of sp³-hybridized carbons (Fsp3) is 0. The van der Waals surface area contributed by atoms with E-state index in [9.17, 15) is 8.22 Å². The molecular formula is C78H47BN2OS2. The molecule has 0 aliphatic carbocycles. The van der Waals surface area contributed by atoms with Crippen LogP contribution in [0, 0.1) is 0 Å². The van der Waals surface area contributed by atoms with Gasteiger partial charge in [0.25, 0.3) is 0 Å². The number of anilines is 3. The zero-order chi connectivity index (χ0) is 61.9. The third kappa shape index (κ3) is 7.21. The molecule has 13 aromatic carbocycles. The van der Waals surface area contributed by atoms with E-state index >= 15 is 0 Å². The van der Waals surface area contributed by atoms with Crippen molar-refractivity contribution < 1.29 is 15.4 Å². The van der Waals surface area contributed by atoms with Gasteiger partial charge in [0.05, 0.1) is 27.7 Å². The second kappa shape index (κ2) is 18.7. The van der Waals surface area contributed by atoms with Gasteiger partial charge in [0.1, 0.15) is 11.2 Å². The van der Waals surface area contributed by atoms with Gasteiger partial charge in [0.2, 0.25) is 6.71 Å². The summed E-state index contributed by atoms with van der Waals surface area (Å²) in [6, 6.07) is 80.0. The molecule has 0 amide bonds. The van der Waals surface area contributed by atoms with Gasteiger partial charge in [-0.15, -0.1) is 11.3 Å². The third-order valence-electron chi connectivity index (χ3n) is 17.1. The minimum Gasteiger partial charge on any atom is -0.456 e. The highest BCUT2D eigenvalue weighted by Crippen LogP contribution is 2.52. The Kier molecular flexibility index (Phi) is 8.94. The molecule has 0 N–H and O–H groups in total. The van der Waals surface area contributed by atoms with E-state index in [1.165, 1.54) is 4.70 Å². The predicted molar refractivity (Wildman–Crippen MR) is 358 cm³/mol. The van der Waals surface area contributed by atoms with Crippen molar-refractivity contribution >= 4 is 127 Å². The summed E-state index contributed by atoms with van der Waals surface area (Å²) in [5.74, 6) is 0. The highest BCUT2D eigenvalue weighted by atomic mass is 32.2. The first-order valence-corrected chi connectivity index (χ1v) is 29.7. The highest BCUT2D eigenvalue weighted by Gasteiger charge is 2.43. The van der Waals surface area contributed by atoms with Crippen LogP contribution in [0.15, 0.2) is 299 Å². The molecular weight excluding hydrogens is 1060 g/mol. The molecule has 0 saturated carbocycles. The topological polar surface area (TPSA) is 21.3 Å². The monoisotopic (exact) mass is 1110 g/mol. The Balaban J connectivity index is 0.995. The maximum Gasteiger partial charge on any atom is 0.249 e. The standard InChI is InChI=1S/C78H47BN2OS2/c1-3-17-48(18-4-1)50-33-37-52(38-34-50)57-26-15-27-58(53-39-35-51(36-40-53)49-19-5-2-6-20-49)77(57)81-67-43-41-54(56-25-16-31-70-74(56)61-23-9-13-30-69(61)82-70)45-64(67)79-63-42-44-72-75(62-24-10-14-32-71(62)83-72)78(63)84-73-47-55(46-68(81)76(73)79)80-65-28-11-7-21-59(65)60-22-8-12-29-66(60)80/h1-47H/i7D,8D,11D,12D,21D,22D,28D,29D. The number of thiophene rings is 1. The SMILES string of the molecule is [2H]c1c([2H])c([2H])c2c(c1[2H])c1c([2H])c([2H])c([2H])c([2H])c1n2-c1cc2c3c(c1)N(c1c(-c4ccc(-c5ccccc5)cc4)cccc1-c1ccc(-c4ccccc4)cc1)c1ccc(-c4cccc5oc6ccccc6c45)cc1B3c1ccc3sc4ccccc4c3c1S2. The fourth-order valence-electron chi connectivity index (χ4n) is 13.4. The van der Waals surface area contributed by atoms with Crippen LogP contribution in [-0.4, -0.2) is 11.3 Å². The van der Waals surface area contributed by atoms with Gasteiger partial charge in [-0.2, -0.15) is 0 Å². The zero-order valence-electron chi connectivity index (χ0n) is 52.7. The number of rotatable bonds is 7. The number of aromatic nitrogens is 1. The van der Waals surface area contributed by atoms with Crippen LogP contribution in [0.1, 0.15) is 11.0 Å². The summed E-state index contributed by atoms with van der Waals surface area (Å²) in [4.78, 5) is 4.38. The van der Waals surface area contributed by atoms with Gasteiger partial charge in [0, 0.05) is 79.7 Å². The summed E-state index contributed by atoms with van der Waals surface area (Å²) in [5, 5.41) is 4.38. The summed E-state index contributed by atoms with van der Waals surface area (Å²) >= 11 is 3.44. The summed E-state index contributed by atoms with van der Waals surface area (Å²) in [5.41, 5.74) is 18.3. The first-order valence-electron chi connectivity index (χ1n) is 32.1. The number of hydrogen-bond acceptors (Lipinski definition) is 4. The molecule has 0 fully saturated rings. The molecule has 3 nitrogen and oxygen atoms in total. The molecule has 18 rings (SSSR count). The Morgan fingerprint density at radius 1 is 0.393 bits per heavy atom. The van der Waals surface area contributed by atoms with Gasteiger partial charge in [-0.3, -0.25) is 0 Å². The number of para-hydroxylation sites is 4. The number of fused-ring (bicyclic) bond motifs is 14. The van der Waals surface area contributed by atoms with E-state index in [4.69, 9.17) is 7.16 Å². The van der Waals surface area contributed by atoms with Gasteiger partial charge in [0.15, 0.2) is 0 Å². The lowest BCUT2D eigenvalue weighted by atomic mass is 9.34. The molecule has 5 heterocycles. The Morgan fingerprint density at radius 3 is 1.67 bits per heavy atom. The van der Waals surface area contributed by atoms with Gasteiger partial charge in [-0.25, -0.2) is 0 Å². The van der Waals surface area contributed by atoms with Crippen LogP contribution >= 0.6 is 23.1 Å². The van der Waals surface area contributed by atoms with Crippen LogP contribution in [-0.2, 0) is 0 Å². The molecule has 2 aliphatic rings. The number of benzene rings is 13. The van der Waals surface area contributed by atoms with Crippen molar-refractivity contribution in [2.45, 2.75) is 9.79 Å². The lowest BCUT2D eigenvalue weighted by Gasteiger charge is -2.42. The van der Waals surface area contributed by atoms with E-state index < -0.39 is 24.2 Å². The van der Waals surface area contributed by atoms with Crippen molar-refractivity contribution in [3.05, 3.63) is 285 Å². The van der Waals surface area contributed by atoms with Crippen LogP contribution < -0.4 is 21.3 Å².